The van der Waals surface area contributed by atoms with Gasteiger partial charge < -0.3 is 19.2 Å². The first-order chi connectivity index (χ1) is 11.3. The third-order valence-electron chi connectivity index (χ3n) is 3.38. The summed E-state index contributed by atoms with van der Waals surface area (Å²) < 4.78 is 15.6. The van der Waals surface area contributed by atoms with Crippen LogP contribution in [0.3, 0.4) is 0 Å². The van der Waals surface area contributed by atoms with Crippen LogP contribution in [0.5, 0.6) is 11.5 Å². The van der Waals surface area contributed by atoms with Crippen LogP contribution < -0.4 is 14.8 Å². The first-order valence-electron chi connectivity index (χ1n) is 6.87. The summed E-state index contributed by atoms with van der Waals surface area (Å²) in [6, 6.07) is 12.1. The Kier molecular flexibility index (Phi) is 3.16. The summed E-state index contributed by atoms with van der Waals surface area (Å²) in [5, 5.41) is 10.3. The Bertz CT molecular complexity index is 844. The molecule has 1 aliphatic heterocycles. The summed E-state index contributed by atoms with van der Waals surface area (Å²) in [5.41, 5.74) is 1.91. The second-order valence-electron chi connectivity index (χ2n) is 4.84. The van der Waals surface area contributed by atoms with Crippen molar-refractivity contribution in [2.75, 3.05) is 12.1 Å². The molecule has 4 rings (SSSR count). The summed E-state index contributed by atoms with van der Waals surface area (Å²) >= 11 is 0. The van der Waals surface area contributed by atoms with Gasteiger partial charge in [-0.1, -0.05) is 0 Å². The van der Waals surface area contributed by atoms with Crippen molar-refractivity contribution in [1.82, 2.24) is 10.2 Å². The monoisotopic (exact) mass is 309 g/mol. The van der Waals surface area contributed by atoms with Crippen LogP contribution >= 0.6 is 0 Å². The molecule has 0 atom stereocenters. The van der Waals surface area contributed by atoms with Gasteiger partial charge in [0.2, 0.25) is 19.1 Å². The largest absolute Gasteiger partial charge is 0.454 e. The third-order valence-corrected chi connectivity index (χ3v) is 3.38. The van der Waals surface area contributed by atoms with Crippen molar-refractivity contribution in [2.24, 2.45) is 0 Å². The van der Waals surface area contributed by atoms with Crippen molar-refractivity contribution >= 4 is 11.6 Å². The number of hydrogen-bond acceptors (Lipinski definition) is 6. The van der Waals surface area contributed by atoms with Crippen molar-refractivity contribution in [2.45, 2.75) is 0 Å². The molecule has 0 spiro atoms. The van der Waals surface area contributed by atoms with Gasteiger partial charge in [-0.25, -0.2) is 0 Å². The number of ether oxygens (including phenoxy) is 2. The van der Waals surface area contributed by atoms with Gasteiger partial charge in [0.15, 0.2) is 11.5 Å². The predicted octanol–water partition coefficient (Wildman–Crippen LogP) is 2.72. The molecule has 0 radical (unpaired) electrons. The summed E-state index contributed by atoms with van der Waals surface area (Å²) in [7, 11) is 0. The highest BCUT2D eigenvalue weighted by Gasteiger charge is 2.15. The van der Waals surface area contributed by atoms with E-state index in [1.165, 1.54) is 6.39 Å². The second-order valence-corrected chi connectivity index (χ2v) is 4.84. The fraction of sp³-hybridized carbons (Fsp3) is 0.0625. The van der Waals surface area contributed by atoms with Gasteiger partial charge >= 0.3 is 0 Å². The quantitative estimate of drug-likeness (QED) is 0.800. The number of nitrogens with one attached hydrogen (secondary N) is 1. The zero-order chi connectivity index (χ0) is 15.6. The minimum atomic E-state index is -0.221. The Balaban J connectivity index is 1.51. The highest BCUT2D eigenvalue weighted by molar-refractivity contribution is 6.04. The van der Waals surface area contributed by atoms with E-state index in [2.05, 4.69) is 15.5 Å². The molecule has 3 aromatic rings. The van der Waals surface area contributed by atoms with E-state index in [0.29, 0.717) is 28.6 Å². The summed E-state index contributed by atoms with van der Waals surface area (Å²) in [5.74, 6) is 1.48. The fourth-order valence-corrected chi connectivity index (χ4v) is 2.24. The molecule has 0 unspecified atom stereocenters. The lowest BCUT2D eigenvalue weighted by Crippen LogP contribution is -2.11. The number of aromatic nitrogens is 2. The van der Waals surface area contributed by atoms with E-state index in [-0.39, 0.29) is 12.7 Å². The Labute approximate surface area is 130 Å². The highest BCUT2D eigenvalue weighted by Crippen LogP contribution is 2.34. The van der Waals surface area contributed by atoms with Crippen LogP contribution in [0.1, 0.15) is 10.4 Å². The Morgan fingerprint density at radius 2 is 1.87 bits per heavy atom. The van der Waals surface area contributed by atoms with Crippen LogP contribution in [0.25, 0.3) is 11.5 Å². The Morgan fingerprint density at radius 3 is 2.65 bits per heavy atom. The van der Waals surface area contributed by atoms with Gasteiger partial charge in [-0.3, -0.25) is 4.79 Å². The van der Waals surface area contributed by atoms with E-state index < -0.39 is 0 Å². The van der Waals surface area contributed by atoms with E-state index in [1.54, 1.807) is 42.5 Å². The maximum atomic E-state index is 12.3. The number of rotatable bonds is 3. The van der Waals surface area contributed by atoms with Crippen molar-refractivity contribution in [3.8, 4) is 23.0 Å². The van der Waals surface area contributed by atoms with Crippen molar-refractivity contribution < 1.29 is 18.7 Å². The summed E-state index contributed by atoms with van der Waals surface area (Å²) in [6.45, 7) is 0.198. The molecule has 1 aromatic heterocycles. The molecule has 7 heteroatoms. The SMILES string of the molecule is O=C(Nc1ccc2c(c1)OCO2)c1ccc(-c2nnco2)cc1. The van der Waals surface area contributed by atoms with Crippen LogP contribution in [0.2, 0.25) is 0 Å². The number of nitrogens with zero attached hydrogens (tertiary/aromatic N) is 2. The van der Waals surface area contributed by atoms with Crippen LogP contribution in [-0.2, 0) is 0 Å². The molecular formula is C16H11N3O4. The first-order valence-corrected chi connectivity index (χ1v) is 6.87. The molecule has 1 N–H and O–H groups in total. The molecule has 23 heavy (non-hydrogen) atoms. The molecule has 114 valence electrons. The normalized spacial score (nSPS) is 12.2. The molecule has 0 fully saturated rings. The summed E-state index contributed by atoms with van der Waals surface area (Å²) in [6.07, 6.45) is 1.26. The minimum absolute atomic E-state index is 0.198. The van der Waals surface area contributed by atoms with Crippen molar-refractivity contribution in [3.63, 3.8) is 0 Å². The number of carbonyl (C=O) groups is 1. The number of fused-ring (bicyclic) bond motifs is 1. The molecule has 0 aliphatic carbocycles. The zero-order valence-electron chi connectivity index (χ0n) is 11.9. The highest BCUT2D eigenvalue weighted by atomic mass is 16.7. The van der Waals surface area contributed by atoms with Gasteiger partial charge in [-0.05, 0) is 36.4 Å². The minimum Gasteiger partial charge on any atom is -0.454 e. The molecule has 2 aromatic carbocycles. The molecule has 0 saturated heterocycles. The number of anilines is 1. The van der Waals surface area contributed by atoms with Crippen LogP contribution in [0.15, 0.2) is 53.3 Å². The van der Waals surface area contributed by atoms with E-state index in [4.69, 9.17) is 13.9 Å². The van der Waals surface area contributed by atoms with Crippen molar-refractivity contribution in [1.29, 1.82) is 0 Å². The third kappa shape index (κ3) is 2.59. The second kappa shape index (κ2) is 5.45. The molecule has 2 heterocycles. The van der Waals surface area contributed by atoms with Gasteiger partial charge in [0.1, 0.15) is 0 Å². The maximum absolute atomic E-state index is 12.3. The van der Waals surface area contributed by atoms with Crippen molar-refractivity contribution in [3.05, 3.63) is 54.4 Å². The molecule has 1 aliphatic rings. The maximum Gasteiger partial charge on any atom is 0.255 e. The van der Waals surface area contributed by atoms with Crippen LogP contribution in [-0.4, -0.2) is 22.9 Å². The van der Waals surface area contributed by atoms with E-state index in [9.17, 15) is 4.79 Å². The molecule has 0 bridgehead atoms. The number of benzene rings is 2. The number of hydrogen-bond donors (Lipinski definition) is 1. The van der Waals surface area contributed by atoms with Gasteiger partial charge in [-0.15, -0.1) is 10.2 Å². The van der Waals surface area contributed by atoms with E-state index >= 15 is 0 Å². The average Bonchev–Trinajstić information content (AvgIpc) is 3.26. The lowest BCUT2D eigenvalue weighted by atomic mass is 10.1. The standard InChI is InChI=1S/C16H11N3O4/c20-15(18-12-5-6-13-14(7-12)23-9-22-13)10-1-3-11(4-2-10)16-19-17-8-21-16/h1-8H,9H2,(H,18,20). The fourth-order valence-electron chi connectivity index (χ4n) is 2.24. The average molecular weight is 309 g/mol. The first kappa shape index (κ1) is 13.3. The molecule has 1 amide bonds. The van der Waals surface area contributed by atoms with Crippen LogP contribution in [0.4, 0.5) is 5.69 Å². The Hall–Kier alpha value is -3.35. The van der Waals surface area contributed by atoms with Gasteiger partial charge in [0.05, 0.1) is 0 Å². The lowest BCUT2D eigenvalue weighted by molar-refractivity contribution is 0.102. The van der Waals surface area contributed by atoms with E-state index in [0.717, 1.165) is 5.56 Å². The predicted molar refractivity (Wildman–Crippen MR) is 80.3 cm³/mol. The van der Waals surface area contributed by atoms with E-state index in [1.807, 2.05) is 0 Å². The number of amides is 1. The smallest absolute Gasteiger partial charge is 0.255 e. The van der Waals surface area contributed by atoms with Gasteiger partial charge in [-0.2, -0.15) is 0 Å². The molecular weight excluding hydrogens is 298 g/mol. The molecule has 0 saturated carbocycles. The lowest BCUT2D eigenvalue weighted by Gasteiger charge is -2.06. The zero-order valence-corrected chi connectivity index (χ0v) is 11.9. The topological polar surface area (TPSA) is 86.5 Å². The van der Waals surface area contributed by atoms with Crippen LogP contribution in [0, 0.1) is 0 Å². The summed E-state index contributed by atoms with van der Waals surface area (Å²) in [4.78, 5) is 12.3. The van der Waals surface area contributed by atoms with Gasteiger partial charge in [0, 0.05) is 22.9 Å². The Morgan fingerprint density at radius 1 is 1.04 bits per heavy atom. The molecule has 7 nitrogen and oxygen atoms in total. The van der Waals surface area contributed by atoms with Gasteiger partial charge in [0.25, 0.3) is 5.91 Å². The number of carbonyl (C=O) groups excluding carboxylic acids is 1.